The molecular formula is C21H24N6O4. The molecule has 0 bridgehead atoms. The summed E-state index contributed by atoms with van der Waals surface area (Å²) in [4.78, 5) is 43.4. The van der Waals surface area contributed by atoms with Gasteiger partial charge in [-0.05, 0) is 37.1 Å². The Kier molecular flexibility index (Phi) is 5.96. The van der Waals surface area contributed by atoms with Crippen molar-refractivity contribution in [1.29, 1.82) is 0 Å². The van der Waals surface area contributed by atoms with Crippen molar-refractivity contribution in [3.63, 3.8) is 0 Å². The number of hydrogen-bond acceptors (Lipinski definition) is 7. The lowest BCUT2D eigenvalue weighted by atomic mass is 10.2. The number of hydrogen-bond donors (Lipinski definition) is 1. The first-order valence-electron chi connectivity index (χ1n) is 10.2. The number of fused-ring (bicyclic) bond motifs is 1. The fourth-order valence-corrected chi connectivity index (χ4v) is 3.69. The highest BCUT2D eigenvalue weighted by molar-refractivity contribution is 5.92. The van der Waals surface area contributed by atoms with Gasteiger partial charge >= 0.3 is 11.7 Å². The molecule has 0 atom stereocenters. The number of anilines is 2. The molecule has 1 aromatic carbocycles. The quantitative estimate of drug-likeness (QED) is 0.621. The van der Waals surface area contributed by atoms with Gasteiger partial charge in [0.05, 0.1) is 12.7 Å². The number of ether oxygens (including phenoxy) is 1. The molecule has 2 aromatic heterocycles. The van der Waals surface area contributed by atoms with Crippen LogP contribution in [0.5, 0.6) is 0 Å². The van der Waals surface area contributed by atoms with E-state index in [1.807, 2.05) is 0 Å². The minimum atomic E-state index is -0.456. The lowest BCUT2D eigenvalue weighted by Crippen LogP contribution is -2.28. The molecule has 1 fully saturated rings. The average molecular weight is 424 g/mol. The van der Waals surface area contributed by atoms with Gasteiger partial charge in [-0.1, -0.05) is 12.8 Å². The molecule has 1 aliphatic heterocycles. The molecule has 0 unspecified atom stereocenters. The van der Waals surface area contributed by atoms with Crippen LogP contribution >= 0.6 is 0 Å². The molecule has 0 spiro atoms. The zero-order valence-electron chi connectivity index (χ0n) is 17.3. The van der Waals surface area contributed by atoms with E-state index in [2.05, 4.69) is 25.0 Å². The Balaban J connectivity index is 1.52. The number of benzene rings is 1. The second-order valence-electron chi connectivity index (χ2n) is 7.40. The third kappa shape index (κ3) is 4.42. The SMILES string of the molecule is COC(=O)c1ccc(NC(=O)Cn2nc3c(N4CCCCCC4)nccn3c2=O)cc1. The van der Waals surface area contributed by atoms with Crippen LogP contribution in [0.3, 0.4) is 0 Å². The lowest BCUT2D eigenvalue weighted by Gasteiger charge is -2.20. The minimum Gasteiger partial charge on any atom is -0.465 e. The summed E-state index contributed by atoms with van der Waals surface area (Å²) in [6.45, 7) is 1.50. The number of rotatable bonds is 5. The van der Waals surface area contributed by atoms with Crippen LogP contribution in [0.1, 0.15) is 36.0 Å². The van der Waals surface area contributed by atoms with Crippen LogP contribution in [0.4, 0.5) is 11.5 Å². The molecule has 4 rings (SSSR count). The van der Waals surface area contributed by atoms with Crippen molar-refractivity contribution in [1.82, 2.24) is 19.2 Å². The van der Waals surface area contributed by atoms with Gasteiger partial charge in [-0.3, -0.25) is 4.79 Å². The van der Waals surface area contributed by atoms with E-state index in [0.717, 1.165) is 30.6 Å². The predicted octanol–water partition coefficient (Wildman–Crippen LogP) is 1.70. The van der Waals surface area contributed by atoms with Crippen LogP contribution < -0.4 is 15.9 Å². The van der Waals surface area contributed by atoms with E-state index in [-0.39, 0.29) is 6.54 Å². The van der Waals surface area contributed by atoms with E-state index in [9.17, 15) is 14.4 Å². The zero-order valence-corrected chi connectivity index (χ0v) is 17.3. The number of nitrogens with one attached hydrogen (secondary N) is 1. The molecule has 162 valence electrons. The number of aromatic nitrogens is 4. The van der Waals surface area contributed by atoms with Gasteiger partial charge in [-0.2, -0.15) is 0 Å². The highest BCUT2D eigenvalue weighted by atomic mass is 16.5. The van der Waals surface area contributed by atoms with E-state index >= 15 is 0 Å². The van der Waals surface area contributed by atoms with Crippen LogP contribution in [0.25, 0.3) is 5.65 Å². The summed E-state index contributed by atoms with van der Waals surface area (Å²) < 4.78 is 7.21. The van der Waals surface area contributed by atoms with Gasteiger partial charge in [0.25, 0.3) is 0 Å². The normalized spacial score (nSPS) is 14.3. The van der Waals surface area contributed by atoms with Gasteiger partial charge < -0.3 is 15.0 Å². The number of methoxy groups -OCH3 is 1. The summed E-state index contributed by atoms with van der Waals surface area (Å²) in [7, 11) is 1.30. The van der Waals surface area contributed by atoms with Gasteiger partial charge in [0.2, 0.25) is 11.6 Å². The van der Waals surface area contributed by atoms with E-state index < -0.39 is 17.6 Å². The maximum Gasteiger partial charge on any atom is 0.350 e. The van der Waals surface area contributed by atoms with Crippen molar-refractivity contribution in [2.24, 2.45) is 0 Å². The Bertz CT molecular complexity index is 1140. The van der Waals surface area contributed by atoms with Crippen molar-refractivity contribution in [3.05, 3.63) is 52.7 Å². The highest BCUT2D eigenvalue weighted by Crippen LogP contribution is 2.20. The molecule has 31 heavy (non-hydrogen) atoms. The number of carbonyl (C=O) groups excluding carboxylic acids is 2. The molecule has 10 nitrogen and oxygen atoms in total. The van der Waals surface area contributed by atoms with Crippen LogP contribution in [0.15, 0.2) is 41.5 Å². The predicted molar refractivity (Wildman–Crippen MR) is 114 cm³/mol. The van der Waals surface area contributed by atoms with Gasteiger partial charge in [-0.15, -0.1) is 5.10 Å². The summed E-state index contributed by atoms with van der Waals surface area (Å²) in [5, 5.41) is 7.10. The van der Waals surface area contributed by atoms with Crippen molar-refractivity contribution in [3.8, 4) is 0 Å². The van der Waals surface area contributed by atoms with Gasteiger partial charge in [-0.25, -0.2) is 23.7 Å². The standard InChI is InChI=1S/C21H24N6O4/c1-31-20(29)15-6-8-16(9-7-15)23-17(28)14-27-21(30)26-13-10-22-18(19(26)24-27)25-11-4-2-3-5-12-25/h6-10,13H,2-5,11-12,14H2,1H3,(H,23,28). The van der Waals surface area contributed by atoms with Crippen molar-refractivity contribution in [2.45, 2.75) is 32.2 Å². The maximum absolute atomic E-state index is 12.8. The Labute approximate surface area is 178 Å². The highest BCUT2D eigenvalue weighted by Gasteiger charge is 2.19. The van der Waals surface area contributed by atoms with E-state index in [1.54, 1.807) is 36.7 Å². The number of carbonyl (C=O) groups is 2. The molecular weight excluding hydrogens is 400 g/mol. The molecule has 1 N–H and O–H groups in total. The monoisotopic (exact) mass is 424 g/mol. The van der Waals surface area contributed by atoms with Crippen LogP contribution in [0.2, 0.25) is 0 Å². The molecule has 3 heterocycles. The van der Waals surface area contributed by atoms with E-state index in [0.29, 0.717) is 22.7 Å². The lowest BCUT2D eigenvalue weighted by molar-refractivity contribution is -0.117. The summed E-state index contributed by atoms with van der Waals surface area (Å²) in [5.41, 5.74) is 0.932. The fourth-order valence-electron chi connectivity index (χ4n) is 3.69. The van der Waals surface area contributed by atoms with E-state index in [1.165, 1.54) is 24.4 Å². The summed E-state index contributed by atoms with van der Waals surface area (Å²) in [6.07, 6.45) is 7.66. The second kappa shape index (κ2) is 8.99. The van der Waals surface area contributed by atoms with Gasteiger partial charge in [0, 0.05) is 31.2 Å². The number of amides is 1. The molecule has 3 aromatic rings. The van der Waals surface area contributed by atoms with Crippen molar-refractivity contribution >= 4 is 29.0 Å². The first kappa shape index (κ1) is 20.6. The smallest absolute Gasteiger partial charge is 0.350 e. The van der Waals surface area contributed by atoms with Gasteiger partial charge in [0.15, 0.2) is 5.82 Å². The molecule has 0 aliphatic carbocycles. The first-order valence-corrected chi connectivity index (χ1v) is 10.2. The van der Waals surface area contributed by atoms with Crippen LogP contribution in [0, 0.1) is 0 Å². The maximum atomic E-state index is 12.8. The first-order chi connectivity index (χ1) is 15.1. The summed E-state index contributed by atoms with van der Waals surface area (Å²) in [5.74, 6) is -0.192. The number of nitrogens with zero attached hydrogens (tertiary/aromatic N) is 5. The molecule has 0 radical (unpaired) electrons. The topological polar surface area (TPSA) is 111 Å². The van der Waals surface area contributed by atoms with Crippen molar-refractivity contribution in [2.75, 3.05) is 30.4 Å². The Morgan fingerprint density at radius 1 is 1.10 bits per heavy atom. The zero-order chi connectivity index (χ0) is 21.8. The second-order valence-corrected chi connectivity index (χ2v) is 7.40. The Morgan fingerprint density at radius 3 is 2.48 bits per heavy atom. The largest absolute Gasteiger partial charge is 0.465 e. The molecule has 1 amide bonds. The Hall–Kier alpha value is -3.69. The number of esters is 1. The van der Waals surface area contributed by atoms with Crippen LogP contribution in [-0.4, -0.2) is 51.2 Å². The fraction of sp³-hybridized carbons (Fsp3) is 0.381. The van der Waals surface area contributed by atoms with E-state index in [4.69, 9.17) is 0 Å². The molecule has 1 aliphatic rings. The third-order valence-electron chi connectivity index (χ3n) is 5.27. The van der Waals surface area contributed by atoms with Gasteiger partial charge in [0.1, 0.15) is 6.54 Å². The minimum absolute atomic E-state index is 0.237. The molecule has 10 heteroatoms. The molecule has 1 saturated heterocycles. The molecule has 0 saturated carbocycles. The third-order valence-corrected chi connectivity index (χ3v) is 5.27. The Morgan fingerprint density at radius 2 is 1.81 bits per heavy atom. The van der Waals surface area contributed by atoms with Crippen molar-refractivity contribution < 1.29 is 14.3 Å². The summed E-state index contributed by atoms with van der Waals surface area (Å²) >= 11 is 0. The summed E-state index contributed by atoms with van der Waals surface area (Å²) in [6, 6.07) is 6.30. The van der Waals surface area contributed by atoms with Crippen LogP contribution in [-0.2, 0) is 16.1 Å². The average Bonchev–Trinajstić information content (AvgIpc) is 2.96.